The van der Waals surface area contributed by atoms with Crippen LogP contribution >= 0.6 is 0 Å². The van der Waals surface area contributed by atoms with Crippen molar-refractivity contribution in [2.75, 3.05) is 11.9 Å². The Labute approximate surface area is 89.7 Å². The number of anilines is 1. The van der Waals surface area contributed by atoms with Crippen LogP contribution in [0.2, 0.25) is 0 Å². The van der Waals surface area contributed by atoms with E-state index in [1.165, 1.54) is 6.07 Å². The molecule has 1 heterocycles. The van der Waals surface area contributed by atoms with E-state index in [9.17, 15) is 4.39 Å². The van der Waals surface area contributed by atoms with E-state index >= 15 is 0 Å². The summed E-state index contributed by atoms with van der Waals surface area (Å²) in [5.74, 6) is 0.383. The third-order valence-corrected chi connectivity index (χ3v) is 3.16. The first-order valence-electron chi connectivity index (χ1n) is 5.45. The minimum atomic E-state index is -0.150. The van der Waals surface area contributed by atoms with E-state index in [0.717, 1.165) is 24.1 Å². The van der Waals surface area contributed by atoms with Crippen molar-refractivity contribution in [2.24, 2.45) is 11.7 Å². The van der Waals surface area contributed by atoms with Gasteiger partial charge >= 0.3 is 0 Å². The molecule has 0 radical (unpaired) electrons. The first-order valence-corrected chi connectivity index (χ1v) is 5.45. The number of fused-ring (bicyclic) bond motifs is 1. The summed E-state index contributed by atoms with van der Waals surface area (Å²) in [7, 11) is 0. The third-order valence-electron chi connectivity index (χ3n) is 3.16. The SMILES string of the molecule is CC(CCN)C1Cc2cc(F)ccc2N1. The molecule has 0 spiro atoms. The quantitative estimate of drug-likeness (QED) is 0.798. The van der Waals surface area contributed by atoms with Crippen LogP contribution in [0.5, 0.6) is 0 Å². The molecule has 2 unspecified atom stereocenters. The molecule has 0 fully saturated rings. The van der Waals surface area contributed by atoms with Gasteiger partial charge < -0.3 is 11.1 Å². The average molecular weight is 208 g/mol. The van der Waals surface area contributed by atoms with Gasteiger partial charge in [0, 0.05) is 11.7 Å². The fourth-order valence-electron chi connectivity index (χ4n) is 2.17. The summed E-state index contributed by atoms with van der Waals surface area (Å²) in [6.45, 7) is 2.90. The number of rotatable bonds is 3. The molecule has 0 bridgehead atoms. The smallest absolute Gasteiger partial charge is 0.123 e. The normalized spacial score (nSPS) is 20.9. The predicted octanol–water partition coefficient (Wildman–Crippen LogP) is 2.15. The van der Waals surface area contributed by atoms with E-state index in [4.69, 9.17) is 5.73 Å². The molecule has 1 aromatic carbocycles. The second-order valence-electron chi connectivity index (χ2n) is 4.31. The Bertz CT molecular complexity index is 351. The van der Waals surface area contributed by atoms with Gasteiger partial charge in [0.15, 0.2) is 0 Å². The van der Waals surface area contributed by atoms with Gasteiger partial charge in [0.05, 0.1) is 0 Å². The molecule has 0 amide bonds. The molecule has 15 heavy (non-hydrogen) atoms. The van der Waals surface area contributed by atoms with E-state index in [1.807, 2.05) is 6.07 Å². The van der Waals surface area contributed by atoms with Crippen molar-refractivity contribution < 1.29 is 4.39 Å². The monoisotopic (exact) mass is 208 g/mol. The van der Waals surface area contributed by atoms with Crippen molar-refractivity contribution in [2.45, 2.75) is 25.8 Å². The van der Waals surface area contributed by atoms with E-state index in [0.29, 0.717) is 18.5 Å². The molecule has 1 aromatic rings. The van der Waals surface area contributed by atoms with Gasteiger partial charge in [0.25, 0.3) is 0 Å². The van der Waals surface area contributed by atoms with Crippen LogP contribution in [0.25, 0.3) is 0 Å². The lowest BCUT2D eigenvalue weighted by molar-refractivity contribution is 0.464. The first kappa shape index (κ1) is 10.4. The van der Waals surface area contributed by atoms with Gasteiger partial charge in [-0.1, -0.05) is 6.92 Å². The molecular formula is C12H17FN2. The van der Waals surface area contributed by atoms with E-state index in [1.54, 1.807) is 6.07 Å². The second kappa shape index (κ2) is 4.19. The molecule has 0 saturated carbocycles. The number of hydrogen-bond donors (Lipinski definition) is 2. The maximum Gasteiger partial charge on any atom is 0.123 e. The third kappa shape index (κ3) is 2.12. The van der Waals surface area contributed by atoms with Crippen molar-refractivity contribution in [3.8, 4) is 0 Å². The minimum Gasteiger partial charge on any atom is -0.381 e. The summed E-state index contributed by atoms with van der Waals surface area (Å²) in [5, 5.41) is 3.42. The van der Waals surface area contributed by atoms with Gasteiger partial charge in [-0.15, -0.1) is 0 Å². The van der Waals surface area contributed by atoms with Crippen molar-refractivity contribution in [1.82, 2.24) is 0 Å². The van der Waals surface area contributed by atoms with Gasteiger partial charge in [-0.05, 0) is 49.1 Å². The highest BCUT2D eigenvalue weighted by Crippen LogP contribution is 2.30. The molecule has 0 aromatic heterocycles. The second-order valence-corrected chi connectivity index (χ2v) is 4.31. The Morgan fingerprint density at radius 1 is 1.60 bits per heavy atom. The van der Waals surface area contributed by atoms with E-state index in [-0.39, 0.29) is 5.82 Å². The van der Waals surface area contributed by atoms with Gasteiger partial charge in [-0.3, -0.25) is 0 Å². The van der Waals surface area contributed by atoms with Crippen molar-refractivity contribution in [1.29, 1.82) is 0 Å². The van der Waals surface area contributed by atoms with E-state index < -0.39 is 0 Å². The maximum atomic E-state index is 13.0. The van der Waals surface area contributed by atoms with Crippen LogP contribution in [0, 0.1) is 11.7 Å². The lowest BCUT2D eigenvalue weighted by Crippen LogP contribution is -2.26. The largest absolute Gasteiger partial charge is 0.381 e. The van der Waals surface area contributed by atoms with Gasteiger partial charge in [-0.2, -0.15) is 0 Å². The van der Waals surface area contributed by atoms with Crippen LogP contribution < -0.4 is 11.1 Å². The zero-order valence-electron chi connectivity index (χ0n) is 8.96. The number of benzene rings is 1. The Balaban J connectivity index is 2.08. The maximum absolute atomic E-state index is 13.0. The van der Waals surface area contributed by atoms with Crippen molar-refractivity contribution >= 4 is 5.69 Å². The molecule has 82 valence electrons. The number of nitrogens with one attached hydrogen (secondary N) is 1. The minimum absolute atomic E-state index is 0.150. The van der Waals surface area contributed by atoms with Gasteiger partial charge in [0.1, 0.15) is 5.82 Å². The summed E-state index contributed by atoms with van der Waals surface area (Å²) < 4.78 is 13.0. The highest BCUT2D eigenvalue weighted by molar-refractivity contribution is 5.56. The Kier molecular flexibility index (Phi) is 2.91. The standard InChI is InChI=1S/C12H17FN2/c1-8(4-5-14)12-7-9-6-10(13)2-3-11(9)15-12/h2-3,6,8,12,15H,4-5,7,14H2,1H3. The van der Waals surface area contributed by atoms with E-state index in [2.05, 4.69) is 12.2 Å². The summed E-state index contributed by atoms with van der Waals surface area (Å²) in [6, 6.07) is 5.35. The summed E-state index contributed by atoms with van der Waals surface area (Å²) in [6.07, 6.45) is 1.92. The van der Waals surface area contributed by atoms with Crippen molar-refractivity contribution in [3.63, 3.8) is 0 Å². The number of nitrogens with two attached hydrogens (primary N) is 1. The Hall–Kier alpha value is -1.09. The molecular weight excluding hydrogens is 191 g/mol. The average Bonchev–Trinajstić information content (AvgIpc) is 2.60. The lowest BCUT2D eigenvalue weighted by Gasteiger charge is -2.19. The zero-order valence-corrected chi connectivity index (χ0v) is 8.96. The van der Waals surface area contributed by atoms with Crippen LogP contribution in [-0.4, -0.2) is 12.6 Å². The molecule has 2 atom stereocenters. The van der Waals surface area contributed by atoms with Crippen LogP contribution in [0.4, 0.5) is 10.1 Å². The van der Waals surface area contributed by atoms with Crippen LogP contribution in [0.3, 0.4) is 0 Å². The Morgan fingerprint density at radius 2 is 2.40 bits per heavy atom. The number of hydrogen-bond acceptors (Lipinski definition) is 2. The van der Waals surface area contributed by atoms with Crippen molar-refractivity contribution in [3.05, 3.63) is 29.6 Å². The number of halogens is 1. The zero-order chi connectivity index (χ0) is 10.8. The summed E-state index contributed by atoms with van der Waals surface area (Å²) in [4.78, 5) is 0. The fraction of sp³-hybridized carbons (Fsp3) is 0.500. The van der Waals surface area contributed by atoms with Gasteiger partial charge in [-0.25, -0.2) is 4.39 Å². The molecule has 3 heteroatoms. The highest BCUT2D eigenvalue weighted by atomic mass is 19.1. The molecule has 3 N–H and O–H groups in total. The summed E-state index contributed by atoms with van der Waals surface area (Å²) in [5.41, 5.74) is 7.70. The Morgan fingerprint density at radius 3 is 3.13 bits per heavy atom. The lowest BCUT2D eigenvalue weighted by atomic mass is 9.96. The molecule has 1 aliphatic rings. The molecule has 2 rings (SSSR count). The predicted molar refractivity (Wildman–Crippen MR) is 60.4 cm³/mol. The highest BCUT2D eigenvalue weighted by Gasteiger charge is 2.24. The molecule has 1 aliphatic heterocycles. The fourth-order valence-corrected chi connectivity index (χ4v) is 2.17. The first-order chi connectivity index (χ1) is 7.20. The molecule has 0 aliphatic carbocycles. The van der Waals surface area contributed by atoms with Gasteiger partial charge in [0.2, 0.25) is 0 Å². The van der Waals surface area contributed by atoms with Crippen LogP contribution in [-0.2, 0) is 6.42 Å². The molecule has 0 saturated heterocycles. The molecule has 2 nitrogen and oxygen atoms in total. The van der Waals surface area contributed by atoms with Crippen LogP contribution in [0.1, 0.15) is 18.9 Å². The topological polar surface area (TPSA) is 38.0 Å². The summed E-state index contributed by atoms with van der Waals surface area (Å²) >= 11 is 0. The van der Waals surface area contributed by atoms with Crippen LogP contribution in [0.15, 0.2) is 18.2 Å².